The molecule has 0 saturated carbocycles. The molecular formula is C7H10O6. The van der Waals surface area contributed by atoms with Crippen LogP contribution in [0.25, 0.3) is 0 Å². The van der Waals surface area contributed by atoms with Gasteiger partial charge in [0.2, 0.25) is 0 Å². The molecule has 0 aliphatic heterocycles. The van der Waals surface area contributed by atoms with Crippen molar-refractivity contribution in [1.29, 1.82) is 0 Å². The van der Waals surface area contributed by atoms with Gasteiger partial charge in [0.25, 0.3) is 0 Å². The predicted octanol–water partition coefficient (Wildman–Crippen LogP) is 0.105. The number of ether oxygens (including phenoxy) is 3. The third-order valence-electron chi connectivity index (χ3n) is 1.26. The first-order valence-electron chi connectivity index (χ1n) is 3.40. The molecule has 0 radical (unpaired) electrons. The van der Waals surface area contributed by atoms with Crippen LogP contribution in [0.15, 0.2) is 0 Å². The van der Waals surface area contributed by atoms with Crippen molar-refractivity contribution in [2.24, 2.45) is 5.92 Å². The quantitative estimate of drug-likeness (QED) is 0.454. The second-order valence-corrected chi connectivity index (χ2v) is 2.12. The van der Waals surface area contributed by atoms with Gasteiger partial charge in [-0.2, -0.15) is 0 Å². The first kappa shape index (κ1) is 11.4. The molecule has 0 aromatic rings. The molecule has 0 heterocycles. The summed E-state index contributed by atoms with van der Waals surface area (Å²) in [5, 5.41) is 0. The molecule has 0 N–H and O–H groups in total. The first-order chi connectivity index (χ1) is 6.02. The van der Waals surface area contributed by atoms with Crippen LogP contribution in [0.1, 0.15) is 6.92 Å². The molecular weight excluding hydrogens is 180 g/mol. The minimum Gasteiger partial charge on any atom is -0.468 e. The van der Waals surface area contributed by atoms with E-state index in [0.29, 0.717) is 0 Å². The monoisotopic (exact) mass is 190 g/mol. The molecule has 74 valence electrons. The Hall–Kier alpha value is -1.59. The second-order valence-electron chi connectivity index (χ2n) is 2.12. The summed E-state index contributed by atoms with van der Waals surface area (Å²) >= 11 is 0. The largest absolute Gasteiger partial charge is 0.515 e. The standard InChI is InChI=1S/C7H10O6/c1-4(5(8)11-2)6(9)13-7(10)12-3/h4H,1-3H3. The zero-order chi connectivity index (χ0) is 10.4. The topological polar surface area (TPSA) is 78.9 Å². The lowest BCUT2D eigenvalue weighted by Crippen LogP contribution is -2.26. The highest BCUT2D eigenvalue weighted by molar-refractivity contribution is 5.97. The first-order valence-corrected chi connectivity index (χ1v) is 3.40. The molecule has 0 rings (SSSR count). The average molecular weight is 190 g/mol. The Morgan fingerprint density at radius 1 is 1.00 bits per heavy atom. The molecule has 0 aromatic carbocycles. The Morgan fingerprint density at radius 3 is 1.92 bits per heavy atom. The van der Waals surface area contributed by atoms with Crippen LogP contribution < -0.4 is 0 Å². The van der Waals surface area contributed by atoms with Crippen LogP contribution in [0.3, 0.4) is 0 Å². The SMILES string of the molecule is COC(=O)OC(=O)C(C)C(=O)OC. The van der Waals surface area contributed by atoms with Crippen LogP contribution in [0.5, 0.6) is 0 Å². The molecule has 0 aliphatic rings. The van der Waals surface area contributed by atoms with Gasteiger partial charge in [0.1, 0.15) is 0 Å². The molecule has 1 unspecified atom stereocenters. The number of carbonyl (C=O) groups is 3. The zero-order valence-corrected chi connectivity index (χ0v) is 7.53. The second kappa shape index (κ2) is 5.13. The summed E-state index contributed by atoms with van der Waals surface area (Å²) in [6.07, 6.45) is -1.15. The number of rotatable bonds is 2. The summed E-state index contributed by atoms with van der Waals surface area (Å²) in [5.74, 6) is -2.91. The van der Waals surface area contributed by atoms with Crippen LogP contribution >= 0.6 is 0 Å². The highest BCUT2D eigenvalue weighted by atomic mass is 16.7. The molecule has 0 fully saturated rings. The average Bonchev–Trinajstić information content (AvgIpc) is 2.14. The van der Waals surface area contributed by atoms with Crippen molar-refractivity contribution in [2.45, 2.75) is 6.92 Å². The summed E-state index contributed by atoms with van der Waals surface area (Å²) in [5.41, 5.74) is 0. The maximum atomic E-state index is 10.9. The predicted molar refractivity (Wildman–Crippen MR) is 39.7 cm³/mol. The normalized spacial score (nSPS) is 11.3. The van der Waals surface area contributed by atoms with Crippen molar-refractivity contribution in [3.8, 4) is 0 Å². The van der Waals surface area contributed by atoms with Crippen molar-refractivity contribution in [3.05, 3.63) is 0 Å². The van der Waals surface area contributed by atoms with Crippen LogP contribution in [0.4, 0.5) is 4.79 Å². The van der Waals surface area contributed by atoms with Crippen molar-refractivity contribution < 1.29 is 28.6 Å². The van der Waals surface area contributed by atoms with Gasteiger partial charge in [-0.15, -0.1) is 0 Å². The number of hydrogen-bond acceptors (Lipinski definition) is 6. The lowest BCUT2D eigenvalue weighted by Gasteiger charge is -2.06. The minimum atomic E-state index is -1.15. The van der Waals surface area contributed by atoms with Gasteiger partial charge in [-0.25, -0.2) is 4.79 Å². The highest BCUT2D eigenvalue weighted by Gasteiger charge is 2.26. The van der Waals surface area contributed by atoms with Crippen LogP contribution in [-0.2, 0) is 23.8 Å². The van der Waals surface area contributed by atoms with E-state index < -0.39 is 24.0 Å². The molecule has 0 amide bonds. The van der Waals surface area contributed by atoms with Gasteiger partial charge >= 0.3 is 18.1 Å². The number of hydrogen-bond donors (Lipinski definition) is 0. The van der Waals surface area contributed by atoms with E-state index in [1.807, 2.05) is 0 Å². The van der Waals surface area contributed by atoms with E-state index in [1.165, 1.54) is 6.92 Å². The van der Waals surface area contributed by atoms with E-state index >= 15 is 0 Å². The molecule has 0 aromatic heterocycles. The van der Waals surface area contributed by atoms with Gasteiger partial charge in [-0.05, 0) is 6.92 Å². The number of carbonyl (C=O) groups excluding carboxylic acids is 3. The molecule has 6 heteroatoms. The van der Waals surface area contributed by atoms with Gasteiger partial charge in [-0.1, -0.05) is 0 Å². The van der Waals surface area contributed by atoms with Crippen molar-refractivity contribution >= 4 is 18.1 Å². The van der Waals surface area contributed by atoms with Gasteiger partial charge in [0.15, 0.2) is 5.92 Å². The van der Waals surface area contributed by atoms with E-state index in [9.17, 15) is 14.4 Å². The van der Waals surface area contributed by atoms with Crippen molar-refractivity contribution in [2.75, 3.05) is 14.2 Å². The Morgan fingerprint density at radius 2 is 1.54 bits per heavy atom. The van der Waals surface area contributed by atoms with E-state index in [0.717, 1.165) is 14.2 Å². The maximum Gasteiger partial charge on any atom is 0.515 e. The molecule has 0 bridgehead atoms. The number of esters is 2. The fourth-order valence-electron chi connectivity index (χ4n) is 0.485. The summed E-state index contributed by atoms with van der Waals surface area (Å²) in [6.45, 7) is 1.26. The van der Waals surface area contributed by atoms with Crippen LogP contribution in [-0.4, -0.2) is 32.3 Å². The molecule has 0 aliphatic carbocycles. The molecule has 0 spiro atoms. The van der Waals surface area contributed by atoms with Crippen LogP contribution in [0.2, 0.25) is 0 Å². The van der Waals surface area contributed by atoms with Gasteiger partial charge < -0.3 is 14.2 Å². The third-order valence-corrected chi connectivity index (χ3v) is 1.26. The molecule has 1 atom stereocenters. The molecule has 13 heavy (non-hydrogen) atoms. The van der Waals surface area contributed by atoms with Crippen LogP contribution in [0, 0.1) is 5.92 Å². The fourth-order valence-corrected chi connectivity index (χ4v) is 0.485. The Bertz CT molecular complexity index is 221. The maximum absolute atomic E-state index is 10.9. The van der Waals surface area contributed by atoms with Gasteiger partial charge in [0, 0.05) is 0 Å². The summed E-state index contributed by atoms with van der Waals surface area (Å²) in [4.78, 5) is 32.1. The fraction of sp³-hybridized carbons (Fsp3) is 0.571. The van der Waals surface area contributed by atoms with Gasteiger partial charge in [-0.3, -0.25) is 9.59 Å². The van der Waals surface area contributed by atoms with Crippen molar-refractivity contribution in [1.82, 2.24) is 0 Å². The highest BCUT2D eigenvalue weighted by Crippen LogP contribution is 2.01. The van der Waals surface area contributed by atoms with Gasteiger partial charge in [0.05, 0.1) is 14.2 Å². The minimum absolute atomic E-state index is 0.770. The summed E-state index contributed by atoms with van der Waals surface area (Å²) in [7, 11) is 2.18. The van der Waals surface area contributed by atoms with E-state index in [4.69, 9.17) is 0 Å². The lowest BCUT2D eigenvalue weighted by atomic mass is 10.2. The Balaban J connectivity index is 4.11. The number of methoxy groups -OCH3 is 2. The van der Waals surface area contributed by atoms with E-state index in [-0.39, 0.29) is 0 Å². The summed E-state index contributed by atoms with van der Waals surface area (Å²) in [6, 6.07) is 0. The zero-order valence-electron chi connectivity index (χ0n) is 7.53. The van der Waals surface area contributed by atoms with Crippen molar-refractivity contribution in [3.63, 3.8) is 0 Å². The smallest absolute Gasteiger partial charge is 0.468 e. The van der Waals surface area contributed by atoms with E-state index in [2.05, 4.69) is 14.2 Å². The van der Waals surface area contributed by atoms with E-state index in [1.54, 1.807) is 0 Å². The Labute approximate surface area is 74.8 Å². The Kier molecular flexibility index (Phi) is 4.50. The lowest BCUT2D eigenvalue weighted by molar-refractivity contribution is -0.156. The molecule has 0 saturated heterocycles. The molecule has 6 nitrogen and oxygen atoms in total. The summed E-state index contributed by atoms with van der Waals surface area (Å²) < 4.78 is 12.4. The third kappa shape index (κ3) is 3.55.